The monoisotopic (exact) mass is 1080 g/mol. The normalized spacial score (nSPS) is 11.0. The predicted octanol–water partition coefficient (Wildman–Crippen LogP) is 6.34. The number of nitrogens with one attached hydrogen (secondary N) is 4. The number of benzene rings is 4. The van der Waals surface area contributed by atoms with Crippen LogP contribution in [0.2, 0.25) is 0 Å². The molecule has 0 saturated carbocycles. The maximum absolute atomic E-state index is 12.0. The highest BCUT2D eigenvalue weighted by molar-refractivity contribution is 9.11. The van der Waals surface area contributed by atoms with Gasteiger partial charge in [0.2, 0.25) is 20.0 Å². The van der Waals surface area contributed by atoms with Crippen molar-refractivity contribution in [3.63, 3.8) is 0 Å². The highest BCUT2D eigenvalue weighted by Gasteiger charge is 2.17. The molecule has 0 aliphatic rings. The molecule has 306 valence electrons. The van der Waals surface area contributed by atoms with Gasteiger partial charge in [0.05, 0.1) is 29.9 Å². The first-order valence-electron chi connectivity index (χ1n) is 16.1. The van der Waals surface area contributed by atoms with E-state index in [9.17, 15) is 36.0 Å². The standard InChI is InChI=1S/C18H18Br2N2O6S.C17H16Br2N2O6S/c1-2-29(26,27)22-13-5-3-4-11(6-13)10-28-17-14(19)7-12(8-15(17)20)18(25)21-9-16(23)24;1-28(25,26)21-12-4-2-3-10(5-12)9-27-16-13(18)6-11(7-14(16)19)17(24)20-8-15(22)23/h3-8,22H,2,9-10H2,1H3,(H,21,25)(H,23,24);2-7,21H,8-9H2,1H3,(H,20,24)(H,22,23). The molecule has 6 N–H and O–H groups in total. The molecule has 0 spiro atoms. The zero-order valence-corrected chi connectivity index (χ0v) is 37.7. The van der Waals surface area contributed by atoms with E-state index in [1.165, 1.54) is 24.3 Å². The number of aliphatic carboxylic acids is 2. The van der Waals surface area contributed by atoms with Crippen LogP contribution in [0.3, 0.4) is 0 Å². The number of rotatable bonds is 17. The Labute approximate surface area is 361 Å². The second kappa shape index (κ2) is 21.5. The third-order valence-electron chi connectivity index (χ3n) is 6.90. The first kappa shape index (κ1) is 47.2. The number of hydrogen-bond donors (Lipinski definition) is 6. The molecule has 4 aromatic rings. The Kier molecular flexibility index (Phi) is 17.8. The molecular formula is C35H34Br4N4O12S2. The predicted molar refractivity (Wildman–Crippen MR) is 227 cm³/mol. The minimum absolute atomic E-state index is 0.0278. The minimum atomic E-state index is -3.38. The van der Waals surface area contributed by atoms with Crippen molar-refractivity contribution in [3.8, 4) is 11.5 Å². The maximum Gasteiger partial charge on any atom is 0.322 e. The highest BCUT2D eigenvalue weighted by Crippen LogP contribution is 2.36. The molecule has 0 atom stereocenters. The molecule has 0 bridgehead atoms. The first-order chi connectivity index (χ1) is 26.7. The number of carbonyl (C=O) groups excluding carboxylic acids is 2. The lowest BCUT2D eigenvalue weighted by molar-refractivity contribution is -0.136. The summed E-state index contributed by atoms with van der Waals surface area (Å²) in [4.78, 5) is 45.1. The van der Waals surface area contributed by atoms with Crippen molar-refractivity contribution in [2.24, 2.45) is 0 Å². The SMILES string of the molecule is CCS(=O)(=O)Nc1cccc(COc2c(Br)cc(C(=O)NCC(=O)O)cc2Br)c1.CS(=O)(=O)Nc1cccc(COc2c(Br)cc(C(=O)NCC(=O)O)cc2Br)c1. The molecule has 0 fully saturated rings. The van der Waals surface area contributed by atoms with Gasteiger partial charge in [-0.05, 0) is 130 Å². The van der Waals surface area contributed by atoms with Gasteiger partial charge in [0, 0.05) is 22.5 Å². The molecule has 0 saturated heterocycles. The summed E-state index contributed by atoms with van der Waals surface area (Å²) < 4.78 is 64.5. The second-order valence-electron chi connectivity index (χ2n) is 11.5. The van der Waals surface area contributed by atoms with Gasteiger partial charge in [-0.15, -0.1) is 0 Å². The molecule has 0 unspecified atom stereocenters. The highest BCUT2D eigenvalue weighted by atomic mass is 79.9. The van der Waals surface area contributed by atoms with Crippen LogP contribution in [-0.2, 0) is 42.8 Å². The van der Waals surface area contributed by atoms with E-state index in [0.29, 0.717) is 40.8 Å². The summed E-state index contributed by atoms with van der Waals surface area (Å²) in [6, 6.07) is 19.6. The molecule has 4 rings (SSSR count). The van der Waals surface area contributed by atoms with Crippen molar-refractivity contribution in [2.75, 3.05) is 34.5 Å². The van der Waals surface area contributed by atoms with Crippen LogP contribution >= 0.6 is 63.7 Å². The average Bonchev–Trinajstić information content (AvgIpc) is 3.11. The summed E-state index contributed by atoms with van der Waals surface area (Å²) in [5, 5.41) is 21.8. The van der Waals surface area contributed by atoms with Gasteiger partial charge in [-0.2, -0.15) is 0 Å². The Morgan fingerprint density at radius 3 is 1.32 bits per heavy atom. The molecule has 0 aliphatic carbocycles. The number of hydrogen-bond acceptors (Lipinski definition) is 10. The van der Waals surface area contributed by atoms with E-state index in [2.05, 4.69) is 83.8 Å². The lowest BCUT2D eigenvalue weighted by Gasteiger charge is -2.13. The molecule has 22 heteroatoms. The quantitative estimate of drug-likeness (QED) is 0.0679. The van der Waals surface area contributed by atoms with Gasteiger partial charge in [0.1, 0.15) is 37.8 Å². The molecule has 0 heterocycles. The summed E-state index contributed by atoms with van der Waals surface area (Å²) in [6.07, 6.45) is 1.07. The van der Waals surface area contributed by atoms with Gasteiger partial charge in [-0.1, -0.05) is 24.3 Å². The molecular weight excluding hydrogens is 1050 g/mol. The molecule has 57 heavy (non-hydrogen) atoms. The topological polar surface area (TPSA) is 244 Å². The van der Waals surface area contributed by atoms with Crippen LogP contribution in [0, 0.1) is 0 Å². The summed E-state index contributed by atoms with van der Waals surface area (Å²) in [5.41, 5.74) is 2.85. The van der Waals surface area contributed by atoms with Crippen LogP contribution in [0.15, 0.2) is 90.7 Å². The van der Waals surface area contributed by atoms with E-state index in [1.807, 2.05) is 0 Å². The fraction of sp³-hybridized carbons (Fsp3) is 0.200. The summed E-state index contributed by atoms with van der Waals surface area (Å²) >= 11 is 13.3. The zero-order chi connectivity index (χ0) is 42.5. The van der Waals surface area contributed by atoms with Crippen LogP contribution in [0.4, 0.5) is 11.4 Å². The van der Waals surface area contributed by atoms with E-state index < -0.39 is 56.9 Å². The Hall–Kier alpha value is -4.22. The third-order valence-corrected chi connectivity index (χ3v) is 11.2. The van der Waals surface area contributed by atoms with Gasteiger partial charge >= 0.3 is 11.9 Å². The number of ether oxygens (including phenoxy) is 2. The molecule has 0 aromatic heterocycles. The van der Waals surface area contributed by atoms with Crippen LogP contribution < -0.4 is 29.6 Å². The lowest BCUT2D eigenvalue weighted by atomic mass is 10.2. The van der Waals surface area contributed by atoms with Crippen molar-refractivity contribution >= 4 is 119 Å². The maximum atomic E-state index is 12.0. The van der Waals surface area contributed by atoms with Crippen molar-refractivity contribution < 1.29 is 55.7 Å². The Bertz CT molecular complexity index is 2320. The zero-order valence-electron chi connectivity index (χ0n) is 29.8. The summed E-state index contributed by atoms with van der Waals surface area (Å²) in [5.74, 6) is -2.49. The molecule has 0 radical (unpaired) electrons. The average molecular weight is 1090 g/mol. The van der Waals surface area contributed by atoms with Crippen molar-refractivity contribution in [1.29, 1.82) is 0 Å². The van der Waals surface area contributed by atoms with Crippen molar-refractivity contribution in [3.05, 3.63) is 113 Å². The number of carboxylic acid groups (broad SMARTS) is 2. The van der Waals surface area contributed by atoms with Gasteiger partial charge < -0.3 is 30.3 Å². The van der Waals surface area contributed by atoms with Gasteiger partial charge in [-0.25, -0.2) is 16.8 Å². The summed E-state index contributed by atoms with van der Waals surface area (Å²) in [6.45, 7) is 0.898. The number of carbonyl (C=O) groups is 4. The second-order valence-corrected chi connectivity index (χ2v) is 18.7. The molecule has 2 amide bonds. The Morgan fingerprint density at radius 1 is 0.614 bits per heavy atom. The van der Waals surface area contributed by atoms with Crippen LogP contribution in [0.5, 0.6) is 11.5 Å². The molecule has 0 aliphatic heterocycles. The number of sulfonamides is 2. The first-order valence-corrected chi connectivity index (χ1v) is 22.8. The summed E-state index contributed by atoms with van der Waals surface area (Å²) in [7, 11) is -6.75. The van der Waals surface area contributed by atoms with E-state index in [0.717, 1.165) is 17.4 Å². The van der Waals surface area contributed by atoms with E-state index in [-0.39, 0.29) is 30.1 Å². The van der Waals surface area contributed by atoms with Gasteiger partial charge in [0.25, 0.3) is 11.8 Å². The molecule has 4 aromatic carbocycles. The van der Waals surface area contributed by atoms with E-state index in [4.69, 9.17) is 19.7 Å². The van der Waals surface area contributed by atoms with Crippen LogP contribution in [-0.4, -0.2) is 75.9 Å². The number of halogens is 4. The Morgan fingerprint density at radius 2 is 0.982 bits per heavy atom. The lowest BCUT2D eigenvalue weighted by Crippen LogP contribution is -2.29. The van der Waals surface area contributed by atoms with Gasteiger partial charge in [0.15, 0.2) is 0 Å². The smallest absolute Gasteiger partial charge is 0.322 e. The van der Waals surface area contributed by atoms with Crippen LogP contribution in [0.25, 0.3) is 0 Å². The number of carboxylic acids is 2. The Balaban J connectivity index is 0.000000306. The largest absolute Gasteiger partial charge is 0.487 e. The minimum Gasteiger partial charge on any atom is -0.487 e. The molecule has 16 nitrogen and oxygen atoms in total. The van der Waals surface area contributed by atoms with E-state index in [1.54, 1.807) is 55.5 Å². The number of anilines is 2. The van der Waals surface area contributed by atoms with Crippen molar-refractivity contribution in [1.82, 2.24) is 10.6 Å². The third kappa shape index (κ3) is 16.3. The fourth-order valence-corrected chi connectivity index (χ4v) is 8.42. The van der Waals surface area contributed by atoms with Gasteiger partial charge in [-0.3, -0.25) is 28.6 Å². The number of amides is 2. The van der Waals surface area contributed by atoms with Crippen LogP contribution in [0.1, 0.15) is 38.8 Å². The van der Waals surface area contributed by atoms with E-state index >= 15 is 0 Å². The van der Waals surface area contributed by atoms with Crippen molar-refractivity contribution in [2.45, 2.75) is 20.1 Å². The fourth-order valence-electron chi connectivity index (χ4n) is 4.40.